The third-order valence-corrected chi connectivity index (χ3v) is 4.96. The first-order chi connectivity index (χ1) is 14.2. The number of rotatable bonds is 5. The molecule has 0 spiro atoms. The number of nitrogens with zero attached hydrogens (tertiary/aromatic N) is 1. The monoisotopic (exact) mass is 449 g/mol. The Hall–Kier alpha value is -3.10. The molecule has 3 rings (SSSR count). The summed E-state index contributed by atoms with van der Waals surface area (Å²) < 4.78 is 39.1. The second-order valence-corrected chi connectivity index (χ2v) is 7.46. The molecule has 0 bridgehead atoms. The summed E-state index contributed by atoms with van der Waals surface area (Å²) in [4.78, 5) is 17.3. The summed E-state index contributed by atoms with van der Waals surface area (Å²) in [7, 11) is 0. The fourth-order valence-electron chi connectivity index (χ4n) is 2.58. The zero-order valence-electron chi connectivity index (χ0n) is 15.3. The van der Waals surface area contributed by atoms with Gasteiger partial charge in [-0.25, -0.2) is 4.99 Å². The minimum absolute atomic E-state index is 0.111. The van der Waals surface area contributed by atoms with Crippen LogP contribution in [0.4, 0.5) is 24.5 Å². The lowest BCUT2D eigenvalue weighted by molar-refractivity contribution is -0.137. The Bertz CT molecular complexity index is 1110. The molecule has 0 unspecified atom stereocenters. The number of hydrogen-bond donors (Lipinski definition) is 2. The molecule has 2 aromatic carbocycles. The van der Waals surface area contributed by atoms with Crippen LogP contribution in [0.25, 0.3) is 6.08 Å². The van der Waals surface area contributed by atoms with Crippen molar-refractivity contribution in [3.8, 4) is 0 Å². The second kappa shape index (κ2) is 9.15. The number of aliphatic imine (C=N–C) groups is 1. The molecule has 154 valence electrons. The number of anilines is 1. The highest BCUT2D eigenvalue weighted by Crippen LogP contribution is 2.32. The van der Waals surface area contributed by atoms with Gasteiger partial charge in [-0.05, 0) is 47.4 Å². The second-order valence-electron chi connectivity index (χ2n) is 6.08. The van der Waals surface area contributed by atoms with Crippen molar-refractivity contribution >= 4 is 52.1 Å². The first-order valence-corrected chi connectivity index (χ1v) is 9.82. The average Bonchev–Trinajstić information content (AvgIpc) is 3.20. The van der Waals surface area contributed by atoms with Crippen molar-refractivity contribution in [1.82, 2.24) is 0 Å². The molecule has 0 aliphatic carbocycles. The fourth-order valence-corrected chi connectivity index (χ4v) is 3.44. The number of amidine groups is 1. The maximum atomic E-state index is 13.0. The molecule has 1 heterocycles. The van der Waals surface area contributed by atoms with E-state index >= 15 is 0 Å². The van der Waals surface area contributed by atoms with Gasteiger partial charge >= 0.3 is 6.18 Å². The molecule has 3 N–H and O–H groups in total. The van der Waals surface area contributed by atoms with Crippen molar-refractivity contribution in [3.63, 3.8) is 0 Å². The summed E-state index contributed by atoms with van der Waals surface area (Å²) in [6.45, 7) is 0. The largest absolute Gasteiger partial charge is 0.416 e. The third kappa shape index (κ3) is 5.71. The lowest BCUT2D eigenvalue weighted by Crippen LogP contribution is -2.11. The third-order valence-electron chi connectivity index (χ3n) is 3.85. The Balaban J connectivity index is 1.77. The van der Waals surface area contributed by atoms with E-state index in [1.54, 1.807) is 12.1 Å². The predicted molar refractivity (Wildman–Crippen MR) is 115 cm³/mol. The number of thiophene rings is 1. The lowest BCUT2D eigenvalue weighted by atomic mass is 10.1. The van der Waals surface area contributed by atoms with Gasteiger partial charge < -0.3 is 11.1 Å². The van der Waals surface area contributed by atoms with E-state index in [4.69, 9.17) is 17.3 Å². The number of carbonyl (C=O) groups excluding carboxylic acids is 1. The van der Waals surface area contributed by atoms with Crippen LogP contribution < -0.4 is 11.1 Å². The van der Waals surface area contributed by atoms with Gasteiger partial charge in [-0.1, -0.05) is 35.9 Å². The van der Waals surface area contributed by atoms with Crippen molar-refractivity contribution in [1.29, 1.82) is 0 Å². The van der Waals surface area contributed by atoms with E-state index in [9.17, 15) is 18.0 Å². The maximum absolute atomic E-state index is 13.0. The number of halogens is 4. The van der Waals surface area contributed by atoms with E-state index in [0.29, 0.717) is 22.2 Å². The van der Waals surface area contributed by atoms with Gasteiger partial charge in [-0.2, -0.15) is 13.2 Å². The normalized spacial score (nSPS) is 12.3. The number of amides is 1. The summed E-state index contributed by atoms with van der Waals surface area (Å²) in [6, 6.07) is 13.3. The zero-order chi connectivity index (χ0) is 21.7. The molecule has 0 radical (unpaired) electrons. The molecule has 1 aromatic heterocycles. The van der Waals surface area contributed by atoms with Crippen LogP contribution in [0, 0.1) is 0 Å². The number of benzene rings is 2. The average molecular weight is 450 g/mol. The van der Waals surface area contributed by atoms with Crippen molar-refractivity contribution in [2.75, 3.05) is 5.32 Å². The highest BCUT2D eigenvalue weighted by Gasteiger charge is 2.32. The standard InChI is InChI=1S/C21H15ClF3N3OS/c22-14-10-15(12-16(11-14)28-20(26)18-6-3-9-30-18)27-19(29)8-7-13-4-1-2-5-17(13)21(23,24)25/h1-12H,(H2,26,28)(H,27,29). The van der Waals surface area contributed by atoms with Gasteiger partial charge in [-0.3, -0.25) is 4.79 Å². The molecule has 3 aromatic rings. The van der Waals surface area contributed by atoms with Gasteiger partial charge in [0.25, 0.3) is 0 Å². The van der Waals surface area contributed by atoms with Crippen molar-refractivity contribution in [2.45, 2.75) is 6.18 Å². The van der Waals surface area contributed by atoms with E-state index in [1.165, 1.54) is 35.6 Å². The Labute approximate surface area is 179 Å². The lowest BCUT2D eigenvalue weighted by Gasteiger charge is -2.09. The quantitative estimate of drug-likeness (QED) is 0.280. The van der Waals surface area contributed by atoms with E-state index in [-0.39, 0.29) is 5.56 Å². The van der Waals surface area contributed by atoms with Crippen molar-refractivity contribution in [3.05, 3.63) is 87.1 Å². The Morgan fingerprint density at radius 3 is 2.60 bits per heavy atom. The van der Waals surface area contributed by atoms with Gasteiger partial charge in [0, 0.05) is 16.8 Å². The van der Waals surface area contributed by atoms with E-state index in [2.05, 4.69) is 10.3 Å². The molecule has 0 aliphatic rings. The van der Waals surface area contributed by atoms with Gasteiger partial charge in [0.1, 0.15) is 5.84 Å². The number of carbonyl (C=O) groups is 1. The van der Waals surface area contributed by atoms with Gasteiger partial charge in [0.05, 0.1) is 16.1 Å². The van der Waals surface area contributed by atoms with Crippen LogP contribution in [-0.4, -0.2) is 11.7 Å². The minimum Gasteiger partial charge on any atom is -0.383 e. The molecular formula is C21H15ClF3N3OS. The summed E-state index contributed by atoms with van der Waals surface area (Å²) in [5, 5.41) is 4.74. The molecule has 30 heavy (non-hydrogen) atoms. The summed E-state index contributed by atoms with van der Waals surface area (Å²) >= 11 is 7.51. The zero-order valence-corrected chi connectivity index (χ0v) is 16.9. The van der Waals surface area contributed by atoms with Crippen LogP contribution in [0.15, 0.2) is 71.0 Å². The molecule has 0 saturated carbocycles. The van der Waals surface area contributed by atoms with Gasteiger partial charge in [0.2, 0.25) is 5.91 Å². The van der Waals surface area contributed by atoms with E-state index in [1.807, 2.05) is 17.5 Å². The van der Waals surface area contributed by atoms with Crippen molar-refractivity contribution in [2.24, 2.45) is 10.7 Å². The minimum atomic E-state index is -4.51. The van der Waals surface area contributed by atoms with Crippen LogP contribution in [0.3, 0.4) is 0 Å². The number of nitrogens with two attached hydrogens (primary N) is 1. The smallest absolute Gasteiger partial charge is 0.383 e. The first kappa shape index (κ1) is 21.6. The molecular weight excluding hydrogens is 435 g/mol. The molecule has 0 saturated heterocycles. The van der Waals surface area contributed by atoms with Gasteiger partial charge in [0.15, 0.2) is 0 Å². The number of nitrogens with one attached hydrogen (secondary N) is 1. The maximum Gasteiger partial charge on any atom is 0.416 e. The summed E-state index contributed by atoms with van der Waals surface area (Å²) in [6.07, 6.45) is -2.38. The highest BCUT2D eigenvalue weighted by atomic mass is 35.5. The van der Waals surface area contributed by atoms with Crippen molar-refractivity contribution < 1.29 is 18.0 Å². The number of alkyl halides is 3. The fraction of sp³-hybridized carbons (Fsp3) is 0.0476. The summed E-state index contributed by atoms with van der Waals surface area (Å²) in [5.74, 6) is -0.316. The van der Waals surface area contributed by atoms with Crippen LogP contribution >= 0.6 is 22.9 Å². The van der Waals surface area contributed by atoms with Gasteiger partial charge in [-0.15, -0.1) is 11.3 Å². The van der Waals surface area contributed by atoms with Crippen LogP contribution in [0.1, 0.15) is 16.0 Å². The number of hydrogen-bond acceptors (Lipinski definition) is 3. The molecule has 1 amide bonds. The molecule has 9 heteroatoms. The van der Waals surface area contributed by atoms with E-state index in [0.717, 1.165) is 23.1 Å². The first-order valence-electron chi connectivity index (χ1n) is 8.56. The van der Waals surface area contributed by atoms with Crippen LogP contribution in [0.2, 0.25) is 5.02 Å². The molecule has 4 nitrogen and oxygen atoms in total. The van der Waals surface area contributed by atoms with E-state index < -0.39 is 17.6 Å². The molecule has 0 fully saturated rings. The molecule has 0 atom stereocenters. The molecule has 0 aliphatic heterocycles. The Kier molecular flexibility index (Phi) is 6.59. The topological polar surface area (TPSA) is 67.5 Å². The highest BCUT2D eigenvalue weighted by molar-refractivity contribution is 7.12. The predicted octanol–water partition coefficient (Wildman–Crippen LogP) is 6.11. The van der Waals surface area contributed by atoms with Crippen LogP contribution in [0.5, 0.6) is 0 Å². The Morgan fingerprint density at radius 2 is 1.90 bits per heavy atom. The van der Waals surface area contributed by atoms with Crippen LogP contribution in [-0.2, 0) is 11.0 Å². The SMILES string of the molecule is NC(=Nc1cc(Cl)cc(NC(=O)C=Cc2ccccc2C(F)(F)F)c1)c1cccs1. The summed E-state index contributed by atoms with van der Waals surface area (Å²) in [5.41, 5.74) is 5.79. The Morgan fingerprint density at radius 1 is 1.13 bits per heavy atom.